The van der Waals surface area contributed by atoms with Crippen LogP contribution < -0.4 is 10.6 Å². The fourth-order valence-corrected chi connectivity index (χ4v) is 4.24. The van der Waals surface area contributed by atoms with Gasteiger partial charge in [-0.2, -0.15) is 0 Å². The standard InChI is InChI=1S/C24H18F2N4O2S/c1-12-2-3-14(22(32)27-19-7-6-15(25)11-17(19)26)10-16(12)18-8-9-20-23(28-18)33-24(29-20)30-21(31)13-4-5-13/h2-3,6-11,13H,4-5H2,1H3,(H,27,32)(H,29,30,31). The van der Waals surface area contributed by atoms with Gasteiger partial charge in [0.1, 0.15) is 22.0 Å². The average Bonchev–Trinajstić information content (AvgIpc) is 3.56. The van der Waals surface area contributed by atoms with E-state index in [2.05, 4.69) is 20.6 Å². The van der Waals surface area contributed by atoms with Crippen molar-refractivity contribution in [2.75, 3.05) is 10.6 Å². The van der Waals surface area contributed by atoms with E-state index in [0.717, 1.165) is 30.0 Å². The molecule has 0 bridgehead atoms. The third-order valence-corrected chi connectivity index (χ3v) is 6.27. The molecular formula is C24H18F2N4O2S. The molecule has 0 unspecified atom stereocenters. The number of pyridine rings is 1. The summed E-state index contributed by atoms with van der Waals surface area (Å²) < 4.78 is 27.0. The van der Waals surface area contributed by atoms with Crippen LogP contribution in [0.4, 0.5) is 19.6 Å². The van der Waals surface area contributed by atoms with Crippen LogP contribution in [0.15, 0.2) is 48.5 Å². The average molecular weight is 464 g/mol. The SMILES string of the molecule is Cc1ccc(C(=O)Nc2ccc(F)cc2F)cc1-c1ccc2nc(NC(=O)C3CC3)sc2n1. The van der Waals surface area contributed by atoms with E-state index in [4.69, 9.17) is 0 Å². The highest BCUT2D eigenvalue weighted by molar-refractivity contribution is 7.22. The molecule has 2 heterocycles. The third kappa shape index (κ3) is 4.45. The molecule has 0 atom stereocenters. The van der Waals surface area contributed by atoms with Gasteiger partial charge in [0.25, 0.3) is 5.91 Å². The highest BCUT2D eigenvalue weighted by atomic mass is 32.1. The number of nitrogens with zero attached hydrogens (tertiary/aromatic N) is 2. The zero-order valence-corrected chi connectivity index (χ0v) is 18.3. The molecular weight excluding hydrogens is 446 g/mol. The first-order valence-corrected chi connectivity index (χ1v) is 11.1. The topological polar surface area (TPSA) is 84.0 Å². The summed E-state index contributed by atoms with van der Waals surface area (Å²) >= 11 is 1.29. The van der Waals surface area contributed by atoms with E-state index in [1.807, 2.05) is 13.0 Å². The summed E-state index contributed by atoms with van der Waals surface area (Å²) in [5.41, 5.74) is 3.16. The second kappa shape index (κ2) is 8.32. The first kappa shape index (κ1) is 21.1. The first-order chi connectivity index (χ1) is 15.9. The predicted molar refractivity (Wildman–Crippen MR) is 123 cm³/mol. The molecule has 0 aliphatic heterocycles. The number of carbonyl (C=O) groups excluding carboxylic acids is 2. The van der Waals surface area contributed by atoms with Gasteiger partial charge in [-0.1, -0.05) is 17.4 Å². The van der Waals surface area contributed by atoms with Gasteiger partial charge in [-0.3, -0.25) is 9.59 Å². The maximum atomic E-state index is 13.9. The Labute approximate surface area is 191 Å². The van der Waals surface area contributed by atoms with Crippen LogP contribution in [-0.2, 0) is 4.79 Å². The molecule has 166 valence electrons. The molecule has 9 heteroatoms. The summed E-state index contributed by atoms with van der Waals surface area (Å²) in [6, 6.07) is 11.7. The highest BCUT2D eigenvalue weighted by Crippen LogP contribution is 2.33. The smallest absolute Gasteiger partial charge is 0.255 e. The van der Waals surface area contributed by atoms with Gasteiger partial charge >= 0.3 is 0 Å². The molecule has 1 fully saturated rings. The molecule has 33 heavy (non-hydrogen) atoms. The number of hydrogen-bond donors (Lipinski definition) is 2. The summed E-state index contributed by atoms with van der Waals surface area (Å²) in [6.07, 6.45) is 1.83. The molecule has 0 saturated heterocycles. The third-order valence-electron chi connectivity index (χ3n) is 5.39. The number of benzene rings is 2. The van der Waals surface area contributed by atoms with Crippen LogP contribution in [0.5, 0.6) is 0 Å². The number of aryl methyl sites for hydroxylation is 1. The second-order valence-corrected chi connectivity index (χ2v) is 8.89. The van der Waals surface area contributed by atoms with Crippen molar-refractivity contribution in [1.29, 1.82) is 0 Å². The molecule has 2 aromatic heterocycles. The van der Waals surface area contributed by atoms with Crippen LogP contribution in [0.2, 0.25) is 0 Å². The molecule has 1 aliphatic rings. The minimum Gasteiger partial charge on any atom is -0.319 e. The first-order valence-electron chi connectivity index (χ1n) is 10.3. The maximum Gasteiger partial charge on any atom is 0.255 e. The number of anilines is 2. The summed E-state index contributed by atoms with van der Waals surface area (Å²) in [5.74, 6) is -2.02. The highest BCUT2D eigenvalue weighted by Gasteiger charge is 2.30. The molecule has 0 spiro atoms. The Balaban J connectivity index is 1.42. The van der Waals surface area contributed by atoms with Crippen LogP contribution in [-0.4, -0.2) is 21.8 Å². The van der Waals surface area contributed by atoms with Crippen molar-refractivity contribution in [2.45, 2.75) is 19.8 Å². The van der Waals surface area contributed by atoms with Gasteiger partial charge in [-0.25, -0.2) is 18.7 Å². The van der Waals surface area contributed by atoms with Crippen LogP contribution in [0.25, 0.3) is 21.6 Å². The normalized spacial score (nSPS) is 13.2. The quantitative estimate of drug-likeness (QED) is 0.406. The molecule has 1 aliphatic carbocycles. The number of amides is 2. The summed E-state index contributed by atoms with van der Waals surface area (Å²) in [7, 11) is 0. The predicted octanol–water partition coefficient (Wildman–Crippen LogP) is 5.55. The van der Waals surface area contributed by atoms with Crippen molar-refractivity contribution in [1.82, 2.24) is 9.97 Å². The fourth-order valence-electron chi connectivity index (χ4n) is 3.40. The maximum absolute atomic E-state index is 13.9. The Bertz CT molecular complexity index is 1420. The summed E-state index contributed by atoms with van der Waals surface area (Å²) in [6.45, 7) is 1.90. The Morgan fingerprint density at radius 3 is 2.58 bits per heavy atom. The molecule has 4 aromatic rings. The van der Waals surface area contributed by atoms with Crippen molar-refractivity contribution in [3.8, 4) is 11.3 Å². The Hall–Kier alpha value is -3.72. The minimum absolute atomic E-state index is 0.0126. The zero-order chi connectivity index (χ0) is 23.1. The number of thiazole rings is 1. The lowest BCUT2D eigenvalue weighted by atomic mass is 10.0. The molecule has 2 amide bonds. The van der Waals surface area contributed by atoms with E-state index in [1.165, 1.54) is 17.4 Å². The van der Waals surface area contributed by atoms with E-state index in [9.17, 15) is 18.4 Å². The van der Waals surface area contributed by atoms with Crippen LogP contribution >= 0.6 is 11.3 Å². The van der Waals surface area contributed by atoms with Gasteiger partial charge in [-0.15, -0.1) is 0 Å². The number of halogens is 2. The van der Waals surface area contributed by atoms with Gasteiger partial charge in [-0.05, 0) is 61.7 Å². The van der Waals surface area contributed by atoms with E-state index in [1.54, 1.807) is 24.3 Å². The van der Waals surface area contributed by atoms with Crippen molar-refractivity contribution < 1.29 is 18.4 Å². The van der Waals surface area contributed by atoms with Gasteiger partial charge in [0.2, 0.25) is 5.91 Å². The lowest BCUT2D eigenvalue weighted by Gasteiger charge is -2.10. The van der Waals surface area contributed by atoms with Crippen molar-refractivity contribution in [3.05, 3.63) is 71.3 Å². The molecule has 2 N–H and O–H groups in total. The van der Waals surface area contributed by atoms with Crippen LogP contribution in [0.1, 0.15) is 28.8 Å². The number of fused-ring (bicyclic) bond motifs is 1. The van der Waals surface area contributed by atoms with E-state index >= 15 is 0 Å². The Morgan fingerprint density at radius 1 is 1.00 bits per heavy atom. The molecule has 0 radical (unpaired) electrons. The molecule has 2 aromatic carbocycles. The number of nitrogens with one attached hydrogen (secondary N) is 2. The molecule has 6 nitrogen and oxygen atoms in total. The number of carbonyl (C=O) groups is 2. The zero-order valence-electron chi connectivity index (χ0n) is 17.5. The number of aromatic nitrogens is 2. The van der Waals surface area contributed by atoms with E-state index in [0.29, 0.717) is 32.8 Å². The summed E-state index contributed by atoms with van der Waals surface area (Å²) in [5, 5.41) is 5.82. The van der Waals surface area contributed by atoms with Gasteiger partial charge in [0, 0.05) is 23.1 Å². The number of hydrogen-bond acceptors (Lipinski definition) is 5. The van der Waals surface area contributed by atoms with Crippen molar-refractivity contribution in [3.63, 3.8) is 0 Å². The lowest BCUT2D eigenvalue weighted by Crippen LogP contribution is -2.13. The fraction of sp³-hybridized carbons (Fsp3) is 0.167. The monoisotopic (exact) mass is 464 g/mol. The van der Waals surface area contributed by atoms with Crippen molar-refractivity contribution >= 4 is 44.3 Å². The van der Waals surface area contributed by atoms with E-state index < -0.39 is 17.5 Å². The van der Waals surface area contributed by atoms with Crippen LogP contribution in [0.3, 0.4) is 0 Å². The second-order valence-electron chi connectivity index (χ2n) is 7.91. The molecule has 1 saturated carbocycles. The number of rotatable bonds is 5. The van der Waals surface area contributed by atoms with Crippen LogP contribution in [0, 0.1) is 24.5 Å². The van der Waals surface area contributed by atoms with Gasteiger partial charge < -0.3 is 10.6 Å². The minimum atomic E-state index is -0.849. The lowest BCUT2D eigenvalue weighted by molar-refractivity contribution is -0.117. The Kier molecular flexibility index (Phi) is 5.33. The van der Waals surface area contributed by atoms with E-state index in [-0.39, 0.29) is 17.5 Å². The van der Waals surface area contributed by atoms with Crippen molar-refractivity contribution in [2.24, 2.45) is 5.92 Å². The molecule has 5 rings (SSSR count). The van der Waals surface area contributed by atoms with Gasteiger partial charge in [0.05, 0.1) is 11.4 Å². The van der Waals surface area contributed by atoms with Gasteiger partial charge in [0.15, 0.2) is 5.13 Å². The Morgan fingerprint density at radius 2 is 1.82 bits per heavy atom. The summed E-state index contributed by atoms with van der Waals surface area (Å²) in [4.78, 5) is 34.5. The largest absolute Gasteiger partial charge is 0.319 e.